The standard InChI is InChI=1S/C19H47NSi4/c1-21(2,3)18(22(4,5)6)17-15-13-14-16-20(17)19(23(7,8)9)24(10,11)12/h17-19H,13-16H2,1-12H3. The van der Waals surface area contributed by atoms with E-state index in [2.05, 4.69) is 83.5 Å². The quantitative estimate of drug-likeness (QED) is 0.456. The summed E-state index contributed by atoms with van der Waals surface area (Å²) in [6.45, 7) is 33.1. The molecule has 0 radical (unpaired) electrons. The third kappa shape index (κ3) is 5.66. The van der Waals surface area contributed by atoms with Gasteiger partial charge >= 0.3 is 0 Å². The molecule has 5 heteroatoms. The third-order valence-electron chi connectivity index (χ3n) is 5.82. The molecule has 1 aliphatic rings. The van der Waals surface area contributed by atoms with Gasteiger partial charge < -0.3 is 4.90 Å². The van der Waals surface area contributed by atoms with Crippen LogP contribution in [0.2, 0.25) is 83.7 Å². The fraction of sp³-hybridized carbons (Fsp3) is 1.00. The number of hydrogen-bond donors (Lipinski definition) is 0. The first-order valence-electron chi connectivity index (χ1n) is 10.2. The number of hydrogen-bond acceptors (Lipinski definition) is 1. The molecule has 0 spiro atoms. The molecule has 24 heavy (non-hydrogen) atoms. The van der Waals surface area contributed by atoms with E-state index in [1.807, 2.05) is 0 Å². The van der Waals surface area contributed by atoms with Gasteiger partial charge in [0.2, 0.25) is 0 Å². The van der Waals surface area contributed by atoms with Crippen molar-refractivity contribution in [3.8, 4) is 0 Å². The first-order chi connectivity index (χ1) is 10.5. The van der Waals surface area contributed by atoms with E-state index in [4.69, 9.17) is 0 Å². The molecule has 0 aromatic heterocycles. The highest BCUT2D eigenvalue weighted by Crippen LogP contribution is 2.43. The molecule has 1 heterocycles. The monoisotopic (exact) mass is 401 g/mol. The molecule has 0 aromatic rings. The van der Waals surface area contributed by atoms with Crippen molar-refractivity contribution in [2.45, 2.75) is 114 Å². The van der Waals surface area contributed by atoms with E-state index in [-0.39, 0.29) is 0 Å². The van der Waals surface area contributed by atoms with Gasteiger partial charge in [0.05, 0.1) is 16.1 Å². The number of rotatable bonds is 6. The SMILES string of the molecule is C[Si](C)(C)C(C1CCCCN1C([Si](C)(C)C)[Si](C)(C)C)[Si](C)(C)C. The van der Waals surface area contributed by atoms with Gasteiger partial charge in [-0.3, -0.25) is 0 Å². The van der Waals surface area contributed by atoms with Crippen LogP contribution in [0.4, 0.5) is 0 Å². The van der Waals surface area contributed by atoms with E-state index < -0.39 is 32.3 Å². The zero-order valence-electron chi connectivity index (χ0n) is 19.0. The molecular weight excluding hydrogens is 355 g/mol. The Balaban J connectivity index is 3.38. The van der Waals surface area contributed by atoms with Crippen LogP contribution in [0, 0.1) is 0 Å². The van der Waals surface area contributed by atoms with E-state index in [0.29, 0.717) is 0 Å². The highest BCUT2D eigenvalue weighted by molar-refractivity contribution is 6.97. The summed E-state index contributed by atoms with van der Waals surface area (Å²) in [5.74, 6) is 0. The molecule has 1 rings (SSSR count). The molecular formula is C19H47NSi4. The van der Waals surface area contributed by atoms with Crippen LogP contribution in [-0.4, -0.2) is 55.1 Å². The lowest BCUT2D eigenvalue weighted by Crippen LogP contribution is -2.69. The van der Waals surface area contributed by atoms with Crippen molar-refractivity contribution in [3.05, 3.63) is 0 Å². The zero-order valence-corrected chi connectivity index (χ0v) is 23.0. The summed E-state index contributed by atoms with van der Waals surface area (Å²) in [5.41, 5.74) is 0. The van der Waals surface area contributed by atoms with Gasteiger partial charge in [0, 0.05) is 22.2 Å². The minimum Gasteiger partial charge on any atom is -0.303 e. The first kappa shape index (κ1) is 22.9. The van der Waals surface area contributed by atoms with Crippen molar-refractivity contribution < 1.29 is 0 Å². The van der Waals surface area contributed by atoms with Gasteiger partial charge in [0.1, 0.15) is 0 Å². The van der Waals surface area contributed by atoms with E-state index in [1.54, 1.807) is 0 Å². The van der Waals surface area contributed by atoms with Crippen LogP contribution in [-0.2, 0) is 0 Å². The molecule has 0 amide bonds. The fourth-order valence-electron chi connectivity index (χ4n) is 6.41. The second-order valence-corrected chi connectivity index (χ2v) is 35.1. The average molecular weight is 402 g/mol. The maximum Gasteiger partial charge on any atom is 0.0603 e. The van der Waals surface area contributed by atoms with E-state index in [9.17, 15) is 0 Å². The Morgan fingerprint density at radius 3 is 1.38 bits per heavy atom. The molecule has 1 nitrogen and oxygen atoms in total. The predicted octanol–water partition coefficient (Wildman–Crippen LogP) is 6.55. The molecule has 1 unspecified atom stereocenters. The summed E-state index contributed by atoms with van der Waals surface area (Å²) < 4.78 is 0. The Morgan fingerprint density at radius 2 is 1.04 bits per heavy atom. The summed E-state index contributed by atoms with van der Waals surface area (Å²) in [6.07, 6.45) is 4.38. The van der Waals surface area contributed by atoms with Gasteiger partial charge in [-0.2, -0.15) is 0 Å². The number of piperidine rings is 1. The Kier molecular flexibility index (Phi) is 7.10. The van der Waals surface area contributed by atoms with Gasteiger partial charge in [-0.15, -0.1) is 0 Å². The minimum absolute atomic E-state index is 0.889. The number of nitrogens with zero attached hydrogens (tertiary/aromatic N) is 1. The lowest BCUT2D eigenvalue weighted by molar-refractivity contribution is 0.155. The summed E-state index contributed by atoms with van der Waals surface area (Å²) in [6, 6.07) is 0.889. The van der Waals surface area contributed by atoms with E-state index in [0.717, 1.165) is 16.5 Å². The lowest BCUT2D eigenvalue weighted by Gasteiger charge is -2.56. The summed E-state index contributed by atoms with van der Waals surface area (Å²) >= 11 is 0. The smallest absolute Gasteiger partial charge is 0.0603 e. The normalized spacial score (nSPS) is 22.5. The molecule has 144 valence electrons. The van der Waals surface area contributed by atoms with Crippen LogP contribution in [0.3, 0.4) is 0 Å². The molecule has 0 aromatic carbocycles. The predicted molar refractivity (Wildman–Crippen MR) is 125 cm³/mol. The molecule has 0 saturated carbocycles. The first-order valence-corrected chi connectivity index (χ1v) is 24.5. The maximum absolute atomic E-state index is 3.13. The molecule has 0 bridgehead atoms. The van der Waals surface area contributed by atoms with E-state index in [1.165, 1.54) is 25.8 Å². The minimum atomic E-state index is -1.20. The highest BCUT2D eigenvalue weighted by atomic mass is 28.4. The third-order valence-corrected chi connectivity index (χ3v) is 24.7. The molecule has 1 atom stereocenters. The van der Waals surface area contributed by atoms with Gasteiger partial charge in [-0.25, -0.2) is 0 Å². The van der Waals surface area contributed by atoms with Crippen molar-refractivity contribution in [2.24, 2.45) is 0 Å². The Morgan fingerprint density at radius 1 is 0.625 bits per heavy atom. The molecule has 1 aliphatic heterocycles. The maximum atomic E-state index is 3.13. The van der Waals surface area contributed by atoms with Gasteiger partial charge in [-0.05, 0) is 29.8 Å². The Hall–Kier alpha value is 0.828. The second-order valence-electron chi connectivity index (χ2n) is 12.6. The van der Waals surface area contributed by atoms with Crippen LogP contribution in [0.15, 0.2) is 0 Å². The van der Waals surface area contributed by atoms with E-state index >= 15 is 0 Å². The van der Waals surface area contributed by atoms with Crippen LogP contribution in [0.5, 0.6) is 0 Å². The largest absolute Gasteiger partial charge is 0.303 e. The summed E-state index contributed by atoms with van der Waals surface area (Å²) in [4.78, 5) is 3.13. The fourth-order valence-corrected chi connectivity index (χ4v) is 32.8. The van der Waals surface area contributed by atoms with Crippen LogP contribution < -0.4 is 0 Å². The topological polar surface area (TPSA) is 3.24 Å². The summed E-state index contributed by atoms with van der Waals surface area (Å²) in [7, 11) is -4.72. The molecule has 1 saturated heterocycles. The van der Waals surface area contributed by atoms with Gasteiger partial charge in [0.15, 0.2) is 0 Å². The number of likely N-dealkylation sites (tertiary alicyclic amines) is 1. The summed E-state index contributed by atoms with van der Waals surface area (Å²) in [5, 5.41) is 1.96. The van der Waals surface area contributed by atoms with Crippen LogP contribution in [0.1, 0.15) is 19.3 Å². The Bertz CT molecular complexity index is 341. The van der Waals surface area contributed by atoms with Crippen molar-refractivity contribution >= 4 is 32.3 Å². The van der Waals surface area contributed by atoms with Crippen LogP contribution in [0.25, 0.3) is 0 Å². The Labute approximate surface area is 158 Å². The van der Waals surface area contributed by atoms with Crippen molar-refractivity contribution in [1.29, 1.82) is 0 Å². The molecule has 0 aliphatic carbocycles. The molecule has 1 fully saturated rings. The highest BCUT2D eigenvalue weighted by Gasteiger charge is 2.50. The second kappa shape index (κ2) is 7.45. The lowest BCUT2D eigenvalue weighted by atomic mass is 10.0. The molecule has 0 N–H and O–H groups in total. The van der Waals surface area contributed by atoms with Crippen molar-refractivity contribution in [2.75, 3.05) is 6.54 Å². The average Bonchev–Trinajstić information content (AvgIpc) is 2.23. The van der Waals surface area contributed by atoms with Crippen molar-refractivity contribution in [3.63, 3.8) is 0 Å². The van der Waals surface area contributed by atoms with Crippen molar-refractivity contribution in [1.82, 2.24) is 4.90 Å². The van der Waals surface area contributed by atoms with Gasteiger partial charge in [0.25, 0.3) is 0 Å². The zero-order chi connectivity index (χ0) is 19.1. The van der Waals surface area contributed by atoms with Gasteiger partial charge in [-0.1, -0.05) is 85.0 Å². The van der Waals surface area contributed by atoms with Crippen LogP contribution >= 0.6 is 0 Å².